The van der Waals surface area contributed by atoms with Gasteiger partial charge in [0.1, 0.15) is 0 Å². The molecule has 4 heteroatoms. The number of aliphatic hydroxyl groups is 1. The van der Waals surface area contributed by atoms with Gasteiger partial charge in [-0.3, -0.25) is 0 Å². The second-order valence-electron chi connectivity index (χ2n) is 5.19. The van der Waals surface area contributed by atoms with Crippen molar-refractivity contribution in [3.05, 3.63) is 0 Å². The van der Waals surface area contributed by atoms with E-state index in [4.69, 9.17) is 9.47 Å². The fourth-order valence-corrected chi connectivity index (χ4v) is 2.09. The Bertz CT molecular complexity index is 191. The summed E-state index contributed by atoms with van der Waals surface area (Å²) in [5.41, 5.74) is -0.667. The normalized spacial score (nSPS) is 23.8. The molecule has 102 valence electrons. The number of nitrogens with one attached hydrogen (secondary N) is 1. The van der Waals surface area contributed by atoms with Crippen LogP contribution in [0.15, 0.2) is 0 Å². The van der Waals surface area contributed by atoms with Crippen molar-refractivity contribution >= 4 is 0 Å². The molecule has 1 fully saturated rings. The molecule has 1 saturated heterocycles. The van der Waals surface area contributed by atoms with Crippen molar-refractivity contribution in [1.82, 2.24) is 5.32 Å². The second kappa shape index (κ2) is 8.03. The lowest BCUT2D eigenvalue weighted by Crippen LogP contribution is -2.39. The molecule has 2 atom stereocenters. The van der Waals surface area contributed by atoms with Gasteiger partial charge in [0.15, 0.2) is 0 Å². The molecule has 0 bridgehead atoms. The molecule has 0 aromatic rings. The third-order valence-electron chi connectivity index (χ3n) is 3.25. The summed E-state index contributed by atoms with van der Waals surface area (Å²) in [5.74, 6) is 0. The Balaban J connectivity index is 1.95. The molecule has 17 heavy (non-hydrogen) atoms. The lowest BCUT2D eigenvalue weighted by Gasteiger charge is -2.23. The highest BCUT2D eigenvalue weighted by Gasteiger charge is 2.19. The van der Waals surface area contributed by atoms with Crippen LogP contribution in [-0.2, 0) is 9.47 Å². The van der Waals surface area contributed by atoms with E-state index in [-0.39, 0.29) is 0 Å². The van der Waals surface area contributed by atoms with Gasteiger partial charge in [-0.15, -0.1) is 0 Å². The van der Waals surface area contributed by atoms with Gasteiger partial charge in [0.05, 0.1) is 11.7 Å². The highest BCUT2D eigenvalue weighted by Crippen LogP contribution is 2.16. The topological polar surface area (TPSA) is 50.7 Å². The van der Waals surface area contributed by atoms with E-state index in [0.717, 1.165) is 26.0 Å². The van der Waals surface area contributed by atoms with Crippen LogP contribution in [0.4, 0.5) is 0 Å². The van der Waals surface area contributed by atoms with E-state index in [1.165, 1.54) is 12.8 Å². The first-order valence-corrected chi connectivity index (χ1v) is 6.68. The maximum absolute atomic E-state index is 9.99. The number of ether oxygens (including phenoxy) is 2. The summed E-state index contributed by atoms with van der Waals surface area (Å²) in [6, 6.07) is 0. The van der Waals surface area contributed by atoms with Crippen LogP contribution in [0.1, 0.15) is 39.0 Å². The summed E-state index contributed by atoms with van der Waals surface area (Å²) >= 11 is 0. The molecule has 1 aliphatic rings. The van der Waals surface area contributed by atoms with Crippen molar-refractivity contribution in [2.75, 3.05) is 33.4 Å². The Labute approximate surface area is 105 Å². The molecular formula is C13H27NO3. The Kier molecular flexibility index (Phi) is 7.04. The van der Waals surface area contributed by atoms with E-state index in [1.807, 2.05) is 6.92 Å². The van der Waals surface area contributed by atoms with Crippen LogP contribution in [0.3, 0.4) is 0 Å². The molecule has 0 amide bonds. The Hall–Kier alpha value is -0.160. The van der Waals surface area contributed by atoms with E-state index >= 15 is 0 Å². The molecule has 1 heterocycles. The van der Waals surface area contributed by atoms with E-state index in [0.29, 0.717) is 25.7 Å². The largest absolute Gasteiger partial charge is 0.389 e. The predicted octanol–water partition coefficient (Wildman–Crippen LogP) is 1.32. The smallest absolute Gasteiger partial charge is 0.0765 e. The average Bonchev–Trinajstić information content (AvgIpc) is 2.79. The first kappa shape index (κ1) is 14.9. The minimum atomic E-state index is -0.667. The maximum Gasteiger partial charge on any atom is 0.0765 e. The van der Waals surface area contributed by atoms with Crippen molar-refractivity contribution in [3.63, 3.8) is 0 Å². The first-order valence-electron chi connectivity index (χ1n) is 6.68. The SMILES string of the molecule is COCCC(C)(O)CNCCCC1CCCO1. The molecule has 0 aromatic carbocycles. The Morgan fingerprint density at radius 1 is 1.53 bits per heavy atom. The molecule has 0 spiro atoms. The number of methoxy groups -OCH3 is 1. The molecule has 0 radical (unpaired) electrons. The molecule has 4 nitrogen and oxygen atoms in total. The predicted molar refractivity (Wildman–Crippen MR) is 68.2 cm³/mol. The summed E-state index contributed by atoms with van der Waals surface area (Å²) < 4.78 is 10.5. The van der Waals surface area contributed by atoms with E-state index in [2.05, 4.69) is 5.32 Å². The average molecular weight is 245 g/mol. The van der Waals surface area contributed by atoms with Crippen LogP contribution in [0.25, 0.3) is 0 Å². The van der Waals surface area contributed by atoms with Crippen LogP contribution < -0.4 is 5.32 Å². The Morgan fingerprint density at radius 3 is 3.00 bits per heavy atom. The van der Waals surface area contributed by atoms with Crippen LogP contribution in [-0.4, -0.2) is 50.2 Å². The fourth-order valence-electron chi connectivity index (χ4n) is 2.09. The van der Waals surface area contributed by atoms with Crippen molar-refractivity contribution in [3.8, 4) is 0 Å². The molecule has 1 rings (SSSR count). The quantitative estimate of drug-likeness (QED) is 0.602. The summed E-state index contributed by atoms with van der Waals surface area (Å²) in [5, 5.41) is 13.3. The lowest BCUT2D eigenvalue weighted by molar-refractivity contribution is 0.0248. The van der Waals surface area contributed by atoms with Gasteiger partial charge in [-0.1, -0.05) is 0 Å². The monoisotopic (exact) mass is 245 g/mol. The first-order chi connectivity index (χ1) is 8.14. The fraction of sp³-hybridized carbons (Fsp3) is 1.00. The lowest BCUT2D eigenvalue weighted by atomic mass is 10.0. The Morgan fingerprint density at radius 2 is 2.35 bits per heavy atom. The zero-order chi connectivity index (χ0) is 12.6. The third-order valence-corrected chi connectivity index (χ3v) is 3.25. The van der Waals surface area contributed by atoms with E-state index < -0.39 is 5.60 Å². The number of rotatable bonds is 9. The van der Waals surface area contributed by atoms with Crippen molar-refractivity contribution < 1.29 is 14.6 Å². The molecule has 2 N–H and O–H groups in total. The maximum atomic E-state index is 9.99. The van der Waals surface area contributed by atoms with Gasteiger partial charge in [0.25, 0.3) is 0 Å². The summed E-state index contributed by atoms with van der Waals surface area (Å²) in [7, 11) is 1.66. The standard InChI is InChI=1S/C13H27NO3/c1-13(15,7-10-16-2)11-14-8-3-5-12-6-4-9-17-12/h12,14-15H,3-11H2,1-2H3. The minimum absolute atomic E-state index is 0.478. The number of hydrogen-bond acceptors (Lipinski definition) is 4. The molecule has 0 aliphatic carbocycles. The van der Waals surface area contributed by atoms with E-state index in [1.54, 1.807) is 7.11 Å². The zero-order valence-corrected chi connectivity index (χ0v) is 11.2. The number of hydrogen-bond donors (Lipinski definition) is 2. The van der Waals surface area contributed by atoms with Crippen LogP contribution >= 0.6 is 0 Å². The van der Waals surface area contributed by atoms with Crippen LogP contribution in [0.2, 0.25) is 0 Å². The second-order valence-corrected chi connectivity index (χ2v) is 5.19. The molecule has 2 unspecified atom stereocenters. The van der Waals surface area contributed by atoms with Crippen molar-refractivity contribution in [1.29, 1.82) is 0 Å². The van der Waals surface area contributed by atoms with Crippen LogP contribution in [0.5, 0.6) is 0 Å². The summed E-state index contributed by atoms with van der Waals surface area (Å²) in [4.78, 5) is 0. The molecule has 0 saturated carbocycles. The van der Waals surface area contributed by atoms with Gasteiger partial charge >= 0.3 is 0 Å². The molecular weight excluding hydrogens is 218 g/mol. The summed E-state index contributed by atoms with van der Waals surface area (Å²) in [6.45, 7) is 4.96. The van der Waals surface area contributed by atoms with Gasteiger partial charge in [0.2, 0.25) is 0 Å². The van der Waals surface area contributed by atoms with Gasteiger partial charge < -0.3 is 19.9 Å². The van der Waals surface area contributed by atoms with Crippen molar-refractivity contribution in [2.45, 2.75) is 50.7 Å². The van der Waals surface area contributed by atoms with Gasteiger partial charge in [0, 0.05) is 33.3 Å². The molecule has 0 aromatic heterocycles. The van der Waals surface area contributed by atoms with Gasteiger partial charge in [-0.05, 0) is 39.2 Å². The van der Waals surface area contributed by atoms with Gasteiger partial charge in [-0.25, -0.2) is 0 Å². The third kappa shape index (κ3) is 6.99. The highest BCUT2D eigenvalue weighted by molar-refractivity contribution is 4.75. The van der Waals surface area contributed by atoms with Crippen molar-refractivity contribution in [2.24, 2.45) is 0 Å². The van der Waals surface area contributed by atoms with E-state index in [9.17, 15) is 5.11 Å². The van der Waals surface area contributed by atoms with Gasteiger partial charge in [-0.2, -0.15) is 0 Å². The molecule has 1 aliphatic heterocycles. The zero-order valence-electron chi connectivity index (χ0n) is 11.2. The van der Waals surface area contributed by atoms with Crippen LogP contribution in [0, 0.1) is 0 Å². The highest BCUT2D eigenvalue weighted by atomic mass is 16.5. The summed E-state index contributed by atoms with van der Waals surface area (Å²) in [6.07, 6.45) is 5.82. The minimum Gasteiger partial charge on any atom is -0.389 e.